The second kappa shape index (κ2) is 9.43. The van der Waals surface area contributed by atoms with Crippen molar-refractivity contribution in [2.75, 3.05) is 20.0 Å². The van der Waals surface area contributed by atoms with Crippen LogP contribution >= 0.6 is 0 Å². The Kier molecular flexibility index (Phi) is 6.61. The van der Waals surface area contributed by atoms with Gasteiger partial charge in [0.1, 0.15) is 0 Å². The summed E-state index contributed by atoms with van der Waals surface area (Å²) in [4.78, 5) is 29.4. The SMILES string of the molecule is CCOC(=O)C1(C(=O)OCC)C[C@H](c2ccc3c(c2)OCO3)N(C(C)C)[C@@H]1c1ccccc1. The van der Waals surface area contributed by atoms with Crippen molar-refractivity contribution in [2.24, 2.45) is 5.41 Å². The Hall–Kier alpha value is -3.06. The van der Waals surface area contributed by atoms with Crippen molar-refractivity contribution in [3.63, 3.8) is 0 Å². The average molecular weight is 454 g/mol. The zero-order valence-electron chi connectivity index (χ0n) is 19.6. The quantitative estimate of drug-likeness (QED) is 0.454. The van der Waals surface area contributed by atoms with Crippen LogP contribution in [0.3, 0.4) is 0 Å². The van der Waals surface area contributed by atoms with E-state index in [9.17, 15) is 9.59 Å². The maximum Gasteiger partial charge on any atom is 0.325 e. The summed E-state index contributed by atoms with van der Waals surface area (Å²) in [6, 6.07) is 14.7. The molecule has 0 aliphatic carbocycles. The van der Waals surface area contributed by atoms with E-state index in [4.69, 9.17) is 18.9 Å². The molecular weight excluding hydrogens is 422 g/mol. The van der Waals surface area contributed by atoms with Gasteiger partial charge in [0.05, 0.1) is 19.3 Å². The smallest absolute Gasteiger partial charge is 0.325 e. The Morgan fingerprint density at radius 1 is 0.970 bits per heavy atom. The molecule has 0 radical (unpaired) electrons. The second-order valence-electron chi connectivity index (χ2n) is 8.60. The van der Waals surface area contributed by atoms with Gasteiger partial charge in [-0.25, -0.2) is 0 Å². The molecule has 2 aliphatic rings. The van der Waals surface area contributed by atoms with Crippen LogP contribution in [-0.4, -0.2) is 42.9 Å². The Morgan fingerprint density at radius 3 is 2.21 bits per heavy atom. The number of hydrogen-bond donors (Lipinski definition) is 0. The lowest BCUT2D eigenvalue weighted by molar-refractivity contribution is -0.174. The zero-order valence-corrected chi connectivity index (χ0v) is 19.6. The van der Waals surface area contributed by atoms with E-state index in [1.54, 1.807) is 13.8 Å². The van der Waals surface area contributed by atoms with Crippen LogP contribution in [0.15, 0.2) is 48.5 Å². The first kappa shape index (κ1) is 23.1. The molecule has 4 rings (SSSR count). The van der Waals surface area contributed by atoms with Gasteiger partial charge in [0.25, 0.3) is 0 Å². The van der Waals surface area contributed by atoms with Crippen LogP contribution in [-0.2, 0) is 19.1 Å². The molecule has 2 heterocycles. The largest absolute Gasteiger partial charge is 0.465 e. The molecule has 2 aromatic rings. The van der Waals surface area contributed by atoms with Gasteiger partial charge in [0.2, 0.25) is 6.79 Å². The van der Waals surface area contributed by atoms with Crippen molar-refractivity contribution < 1.29 is 28.5 Å². The van der Waals surface area contributed by atoms with E-state index >= 15 is 0 Å². The van der Waals surface area contributed by atoms with E-state index in [-0.39, 0.29) is 38.5 Å². The predicted molar refractivity (Wildman–Crippen MR) is 122 cm³/mol. The predicted octanol–water partition coefficient (Wildman–Crippen LogP) is 4.42. The van der Waals surface area contributed by atoms with E-state index in [0.717, 1.165) is 11.1 Å². The summed E-state index contributed by atoms with van der Waals surface area (Å²) in [5, 5.41) is 0. The molecule has 1 fully saturated rings. The molecule has 7 heteroatoms. The fourth-order valence-corrected chi connectivity index (χ4v) is 5.11. The van der Waals surface area contributed by atoms with Crippen molar-refractivity contribution in [1.82, 2.24) is 4.90 Å². The molecule has 1 saturated heterocycles. The van der Waals surface area contributed by atoms with Gasteiger partial charge >= 0.3 is 11.9 Å². The average Bonchev–Trinajstić information content (AvgIpc) is 3.43. The summed E-state index contributed by atoms with van der Waals surface area (Å²) >= 11 is 0. The van der Waals surface area contributed by atoms with Gasteiger partial charge < -0.3 is 18.9 Å². The highest BCUT2D eigenvalue weighted by Gasteiger charge is 2.64. The molecule has 33 heavy (non-hydrogen) atoms. The first-order valence-electron chi connectivity index (χ1n) is 11.5. The van der Waals surface area contributed by atoms with Crippen LogP contribution in [0.5, 0.6) is 11.5 Å². The monoisotopic (exact) mass is 453 g/mol. The molecule has 0 amide bonds. The molecule has 7 nitrogen and oxygen atoms in total. The van der Waals surface area contributed by atoms with E-state index < -0.39 is 23.4 Å². The number of hydrogen-bond acceptors (Lipinski definition) is 7. The van der Waals surface area contributed by atoms with Crippen LogP contribution < -0.4 is 9.47 Å². The number of esters is 2. The highest BCUT2D eigenvalue weighted by molar-refractivity contribution is 6.02. The molecule has 2 aliphatic heterocycles. The molecule has 0 N–H and O–H groups in total. The third kappa shape index (κ3) is 3.95. The number of rotatable bonds is 7. The first-order chi connectivity index (χ1) is 15.9. The van der Waals surface area contributed by atoms with Crippen molar-refractivity contribution in [2.45, 2.75) is 52.2 Å². The lowest BCUT2D eigenvalue weighted by Gasteiger charge is -2.38. The maximum absolute atomic E-state index is 13.6. The standard InChI is InChI=1S/C26H31NO6/c1-5-30-24(28)26(25(29)31-6-2)15-20(19-12-13-21-22(14-19)33-16-32-21)27(17(3)4)23(26)18-10-8-7-9-11-18/h7-14,17,20,23H,5-6,15-16H2,1-4H3/t20-,23-/m1/s1. The van der Waals surface area contributed by atoms with Crippen LogP contribution in [0.2, 0.25) is 0 Å². The van der Waals surface area contributed by atoms with E-state index in [2.05, 4.69) is 18.7 Å². The number of benzene rings is 2. The zero-order chi connectivity index (χ0) is 23.6. The third-order valence-electron chi connectivity index (χ3n) is 6.41. The molecule has 0 unspecified atom stereocenters. The first-order valence-corrected chi connectivity index (χ1v) is 11.5. The Balaban J connectivity index is 1.91. The molecule has 176 valence electrons. The Morgan fingerprint density at radius 2 is 1.61 bits per heavy atom. The summed E-state index contributed by atoms with van der Waals surface area (Å²) in [5.41, 5.74) is 0.318. The Labute approximate surface area is 194 Å². The molecule has 2 aromatic carbocycles. The van der Waals surface area contributed by atoms with Crippen LogP contribution in [0, 0.1) is 5.41 Å². The Bertz CT molecular complexity index is 987. The number of nitrogens with zero attached hydrogens (tertiary/aromatic N) is 1. The minimum atomic E-state index is -1.50. The maximum atomic E-state index is 13.6. The van der Waals surface area contributed by atoms with Crippen molar-refractivity contribution >= 4 is 11.9 Å². The lowest BCUT2D eigenvalue weighted by Crippen LogP contribution is -2.47. The van der Waals surface area contributed by atoms with Crippen LogP contribution in [0.25, 0.3) is 0 Å². The highest BCUT2D eigenvalue weighted by atomic mass is 16.7. The minimum Gasteiger partial charge on any atom is -0.465 e. The molecule has 0 saturated carbocycles. The summed E-state index contributed by atoms with van der Waals surface area (Å²) in [5.74, 6) is 0.254. The number of ether oxygens (including phenoxy) is 4. The molecule has 2 atom stereocenters. The van der Waals surface area contributed by atoms with Crippen molar-refractivity contribution in [3.05, 3.63) is 59.7 Å². The normalized spacial score (nSPS) is 21.2. The molecule has 0 spiro atoms. The number of carbonyl (C=O) groups excluding carboxylic acids is 2. The number of fused-ring (bicyclic) bond motifs is 1. The van der Waals surface area contributed by atoms with Gasteiger partial charge in [-0.2, -0.15) is 0 Å². The minimum absolute atomic E-state index is 0.0244. The van der Waals surface area contributed by atoms with E-state index in [0.29, 0.717) is 11.5 Å². The summed E-state index contributed by atoms with van der Waals surface area (Å²) < 4.78 is 22.1. The summed E-state index contributed by atoms with van der Waals surface area (Å²) in [6.07, 6.45) is 0.238. The molecule has 0 bridgehead atoms. The van der Waals surface area contributed by atoms with Gasteiger partial charge in [0, 0.05) is 12.1 Å². The van der Waals surface area contributed by atoms with Gasteiger partial charge in [0.15, 0.2) is 16.9 Å². The fraction of sp³-hybridized carbons (Fsp3) is 0.462. The van der Waals surface area contributed by atoms with Crippen molar-refractivity contribution in [1.29, 1.82) is 0 Å². The topological polar surface area (TPSA) is 74.3 Å². The fourth-order valence-electron chi connectivity index (χ4n) is 5.11. The molecule has 0 aromatic heterocycles. The molecular formula is C26H31NO6. The van der Waals surface area contributed by atoms with Gasteiger partial charge in [-0.05, 0) is 57.4 Å². The summed E-state index contributed by atoms with van der Waals surface area (Å²) in [7, 11) is 0. The van der Waals surface area contributed by atoms with E-state index in [1.807, 2.05) is 48.5 Å². The van der Waals surface area contributed by atoms with E-state index in [1.165, 1.54) is 0 Å². The highest BCUT2D eigenvalue weighted by Crippen LogP contribution is 2.58. The second-order valence-corrected chi connectivity index (χ2v) is 8.60. The van der Waals surface area contributed by atoms with Gasteiger partial charge in [-0.15, -0.1) is 0 Å². The van der Waals surface area contributed by atoms with Gasteiger partial charge in [-0.1, -0.05) is 36.4 Å². The van der Waals surface area contributed by atoms with Gasteiger partial charge in [-0.3, -0.25) is 14.5 Å². The van der Waals surface area contributed by atoms with Crippen LogP contribution in [0.4, 0.5) is 0 Å². The number of likely N-dealkylation sites (tertiary alicyclic amines) is 1. The third-order valence-corrected chi connectivity index (χ3v) is 6.41. The number of carbonyl (C=O) groups is 2. The van der Waals surface area contributed by atoms with Crippen molar-refractivity contribution in [3.8, 4) is 11.5 Å². The lowest BCUT2D eigenvalue weighted by atomic mass is 9.75. The van der Waals surface area contributed by atoms with Crippen LogP contribution in [0.1, 0.15) is 57.3 Å². The summed E-state index contributed by atoms with van der Waals surface area (Å²) in [6.45, 7) is 8.18.